The van der Waals surface area contributed by atoms with E-state index in [1.807, 2.05) is 53.2 Å². The van der Waals surface area contributed by atoms with Crippen LogP contribution in [0.4, 0.5) is 5.95 Å². The van der Waals surface area contributed by atoms with Gasteiger partial charge in [0.25, 0.3) is 0 Å². The minimum atomic E-state index is -0.133. The van der Waals surface area contributed by atoms with E-state index >= 15 is 0 Å². The molecule has 120 valence electrons. The van der Waals surface area contributed by atoms with Crippen LogP contribution in [0.1, 0.15) is 17.2 Å². The number of nitrogens with zero attached hydrogens (tertiary/aromatic N) is 3. The molecule has 0 fully saturated rings. The van der Waals surface area contributed by atoms with E-state index in [4.69, 9.17) is 16.3 Å². The molecule has 0 aliphatic carbocycles. The van der Waals surface area contributed by atoms with Gasteiger partial charge in [-0.05, 0) is 18.2 Å². The molecule has 0 radical (unpaired) electrons. The van der Waals surface area contributed by atoms with Crippen molar-refractivity contribution in [3.63, 3.8) is 0 Å². The van der Waals surface area contributed by atoms with E-state index in [1.165, 1.54) is 6.33 Å². The first kappa shape index (κ1) is 14.8. The number of para-hydroxylation sites is 1. The second kappa shape index (κ2) is 6.02. The van der Waals surface area contributed by atoms with Crippen molar-refractivity contribution in [2.45, 2.75) is 6.04 Å². The normalized spacial score (nSPS) is 16.1. The van der Waals surface area contributed by atoms with Gasteiger partial charge in [-0.1, -0.05) is 48.0 Å². The molecule has 1 aliphatic rings. The van der Waals surface area contributed by atoms with E-state index in [-0.39, 0.29) is 6.04 Å². The molecule has 2 aromatic carbocycles. The molecular weight excluding hydrogens is 324 g/mol. The Labute approximate surface area is 144 Å². The fourth-order valence-corrected chi connectivity index (χ4v) is 3.14. The molecule has 1 atom stereocenters. The molecule has 3 aromatic rings. The summed E-state index contributed by atoms with van der Waals surface area (Å²) in [4.78, 5) is 4.31. The standard InChI is InChI=1S/C18H15ClN4O/c1-24-17-9-5-3-7-13(17)16-10-15(12-6-2-4-8-14(12)19)22-18-20-11-21-23(16)18/h2-11,16H,1H3,(H,20,21,22)/t16-/m0/s1. The molecule has 0 bridgehead atoms. The lowest BCUT2D eigenvalue weighted by molar-refractivity contribution is 0.404. The summed E-state index contributed by atoms with van der Waals surface area (Å²) < 4.78 is 7.35. The van der Waals surface area contributed by atoms with Gasteiger partial charge in [0.1, 0.15) is 18.1 Å². The molecule has 0 amide bonds. The number of hydrogen-bond acceptors (Lipinski definition) is 4. The summed E-state index contributed by atoms with van der Waals surface area (Å²) in [5, 5.41) is 8.33. The smallest absolute Gasteiger partial charge is 0.226 e. The molecular formula is C18H15ClN4O. The SMILES string of the molecule is COc1ccccc1[C@@H]1C=C(c2ccccc2Cl)Nc2ncnn21. The van der Waals surface area contributed by atoms with Gasteiger partial charge in [0.15, 0.2) is 0 Å². The molecule has 1 aromatic heterocycles. The van der Waals surface area contributed by atoms with E-state index in [0.29, 0.717) is 11.0 Å². The summed E-state index contributed by atoms with van der Waals surface area (Å²) in [7, 11) is 1.67. The van der Waals surface area contributed by atoms with Gasteiger partial charge in [-0.15, -0.1) is 0 Å². The quantitative estimate of drug-likeness (QED) is 0.784. The van der Waals surface area contributed by atoms with Crippen molar-refractivity contribution in [2.24, 2.45) is 0 Å². The molecule has 24 heavy (non-hydrogen) atoms. The van der Waals surface area contributed by atoms with Crippen LogP contribution in [0.25, 0.3) is 5.70 Å². The number of fused-ring (bicyclic) bond motifs is 1. The fourth-order valence-electron chi connectivity index (χ4n) is 2.90. The number of allylic oxidation sites excluding steroid dienone is 1. The third-order valence-corrected chi connectivity index (χ3v) is 4.36. The van der Waals surface area contributed by atoms with E-state index in [1.54, 1.807) is 7.11 Å². The van der Waals surface area contributed by atoms with Gasteiger partial charge in [-0.25, -0.2) is 4.68 Å². The van der Waals surface area contributed by atoms with Gasteiger partial charge in [0.2, 0.25) is 5.95 Å². The van der Waals surface area contributed by atoms with Crippen molar-refractivity contribution in [1.29, 1.82) is 0 Å². The van der Waals surface area contributed by atoms with Crippen molar-refractivity contribution in [2.75, 3.05) is 12.4 Å². The van der Waals surface area contributed by atoms with Crippen LogP contribution in [-0.4, -0.2) is 21.9 Å². The van der Waals surface area contributed by atoms with Crippen molar-refractivity contribution < 1.29 is 4.74 Å². The minimum absolute atomic E-state index is 0.133. The Morgan fingerprint density at radius 2 is 1.92 bits per heavy atom. The van der Waals surface area contributed by atoms with E-state index in [9.17, 15) is 0 Å². The van der Waals surface area contributed by atoms with Gasteiger partial charge >= 0.3 is 0 Å². The number of benzene rings is 2. The molecule has 6 heteroatoms. The topological polar surface area (TPSA) is 52.0 Å². The molecule has 2 heterocycles. The zero-order valence-corrected chi connectivity index (χ0v) is 13.7. The molecule has 1 aliphatic heterocycles. The van der Waals surface area contributed by atoms with E-state index in [0.717, 1.165) is 22.6 Å². The molecule has 1 N–H and O–H groups in total. The molecule has 0 saturated heterocycles. The third-order valence-electron chi connectivity index (χ3n) is 4.03. The van der Waals surface area contributed by atoms with Crippen LogP contribution in [0, 0.1) is 0 Å². The summed E-state index contributed by atoms with van der Waals surface area (Å²) in [6, 6.07) is 15.5. The third kappa shape index (κ3) is 2.43. The zero-order chi connectivity index (χ0) is 16.5. The molecule has 5 nitrogen and oxygen atoms in total. The Morgan fingerprint density at radius 1 is 1.12 bits per heavy atom. The Kier molecular flexibility index (Phi) is 3.70. The number of aromatic nitrogens is 3. The first-order valence-corrected chi connectivity index (χ1v) is 7.92. The fraction of sp³-hybridized carbons (Fsp3) is 0.111. The highest BCUT2D eigenvalue weighted by Crippen LogP contribution is 2.37. The van der Waals surface area contributed by atoms with Gasteiger partial charge < -0.3 is 10.1 Å². The van der Waals surface area contributed by atoms with Crippen molar-refractivity contribution in [1.82, 2.24) is 14.8 Å². The Balaban J connectivity index is 1.87. The lowest BCUT2D eigenvalue weighted by Gasteiger charge is -2.25. The van der Waals surface area contributed by atoms with Gasteiger partial charge in [-0.2, -0.15) is 10.1 Å². The first-order valence-electron chi connectivity index (χ1n) is 7.54. The average Bonchev–Trinajstić information content (AvgIpc) is 3.10. The van der Waals surface area contributed by atoms with Crippen LogP contribution >= 0.6 is 11.6 Å². The van der Waals surface area contributed by atoms with Crippen LogP contribution in [-0.2, 0) is 0 Å². The first-order chi connectivity index (χ1) is 11.8. The highest BCUT2D eigenvalue weighted by atomic mass is 35.5. The van der Waals surface area contributed by atoms with Crippen LogP contribution in [0.3, 0.4) is 0 Å². The Morgan fingerprint density at radius 3 is 2.75 bits per heavy atom. The number of rotatable bonds is 3. The van der Waals surface area contributed by atoms with Gasteiger partial charge in [0.05, 0.1) is 7.11 Å². The van der Waals surface area contributed by atoms with Crippen molar-refractivity contribution in [3.05, 3.63) is 77.1 Å². The van der Waals surface area contributed by atoms with Crippen LogP contribution in [0.2, 0.25) is 5.02 Å². The second-order valence-electron chi connectivity index (χ2n) is 5.40. The summed E-state index contributed by atoms with van der Waals surface area (Å²) >= 11 is 6.36. The predicted octanol–water partition coefficient (Wildman–Crippen LogP) is 4.00. The molecule has 0 spiro atoms. The average molecular weight is 339 g/mol. The summed E-state index contributed by atoms with van der Waals surface area (Å²) in [5.74, 6) is 1.48. The van der Waals surface area contributed by atoms with E-state index < -0.39 is 0 Å². The van der Waals surface area contributed by atoms with Crippen LogP contribution in [0.15, 0.2) is 60.9 Å². The highest BCUT2D eigenvalue weighted by molar-refractivity contribution is 6.32. The number of nitrogens with one attached hydrogen (secondary N) is 1. The lowest BCUT2D eigenvalue weighted by Crippen LogP contribution is -2.20. The Bertz CT molecular complexity index is 919. The molecule has 0 saturated carbocycles. The predicted molar refractivity (Wildman–Crippen MR) is 94.2 cm³/mol. The lowest BCUT2D eigenvalue weighted by atomic mass is 10.0. The zero-order valence-electron chi connectivity index (χ0n) is 13.0. The number of methoxy groups -OCH3 is 1. The largest absolute Gasteiger partial charge is 0.496 e. The Hall–Kier alpha value is -2.79. The molecule has 0 unspecified atom stereocenters. The van der Waals surface area contributed by atoms with Gasteiger partial charge in [0, 0.05) is 21.8 Å². The maximum atomic E-state index is 6.36. The summed E-state index contributed by atoms with van der Waals surface area (Å²) in [5.41, 5.74) is 2.84. The highest BCUT2D eigenvalue weighted by Gasteiger charge is 2.26. The van der Waals surface area contributed by atoms with Crippen LogP contribution in [0.5, 0.6) is 5.75 Å². The summed E-state index contributed by atoms with van der Waals surface area (Å²) in [6.45, 7) is 0. The second-order valence-corrected chi connectivity index (χ2v) is 5.81. The number of ether oxygens (including phenoxy) is 1. The van der Waals surface area contributed by atoms with Gasteiger partial charge in [-0.3, -0.25) is 0 Å². The number of anilines is 1. The van der Waals surface area contributed by atoms with E-state index in [2.05, 4.69) is 21.5 Å². The van der Waals surface area contributed by atoms with Crippen LogP contribution < -0.4 is 10.1 Å². The minimum Gasteiger partial charge on any atom is -0.496 e. The number of hydrogen-bond donors (Lipinski definition) is 1. The monoisotopic (exact) mass is 338 g/mol. The van der Waals surface area contributed by atoms with Crippen molar-refractivity contribution >= 4 is 23.2 Å². The molecule has 4 rings (SSSR count). The van der Waals surface area contributed by atoms with Crippen molar-refractivity contribution in [3.8, 4) is 5.75 Å². The maximum Gasteiger partial charge on any atom is 0.226 e. The number of halogens is 1. The maximum absolute atomic E-state index is 6.36. The summed E-state index contributed by atoms with van der Waals surface area (Å²) in [6.07, 6.45) is 3.62.